The third-order valence-electron chi connectivity index (χ3n) is 5.96. The number of anilines is 3. The van der Waals surface area contributed by atoms with Gasteiger partial charge >= 0.3 is 0 Å². The van der Waals surface area contributed by atoms with Gasteiger partial charge in [-0.25, -0.2) is 9.96 Å². The maximum Gasteiger partial charge on any atom is 0.266 e. The van der Waals surface area contributed by atoms with Gasteiger partial charge in [0.2, 0.25) is 11.8 Å². The van der Waals surface area contributed by atoms with Crippen LogP contribution in [0, 0.1) is 12.8 Å². The van der Waals surface area contributed by atoms with Crippen molar-refractivity contribution in [1.29, 1.82) is 0 Å². The van der Waals surface area contributed by atoms with E-state index in [-0.39, 0.29) is 17.7 Å². The molecule has 7 nitrogen and oxygen atoms in total. The van der Waals surface area contributed by atoms with E-state index in [1.807, 2.05) is 67.6 Å². The number of hydrogen-bond acceptors (Lipinski definition) is 5. The molecule has 3 atom stereocenters. The number of carbonyl (C=O) groups is 3. The van der Waals surface area contributed by atoms with E-state index in [2.05, 4.69) is 5.32 Å². The normalized spacial score (nSPS) is 21.9. The topological polar surface area (TPSA) is 79.0 Å². The fourth-order valence-electron chi connectivity index (χ4n) is 4.54. The molecule has 2 aliphatic heterocycles. The van der Waals surface area contributed by atoms with Gasteiger partial charge in [-0.1, -0.05) is 42.5 Å². The largest absolute Gasteiger partial charge is 0.326 e. The Morgan fingerprint density at radius 1 is 0.879 bits per heavy atom. The SMILES string of the molecule is CC(=O)Nc1ccc(C2C3C(=O)N(c4cccc(C)c4)C(=O)C3ON2c2ccccc2)cc1. The molecule has 2 aliphatic rings. The quantitative estimate of drug-likeness (QED) is 0.619. The Kier molecular flexibility index (Phi) is 5.18. The lowest BCUT2D eigenvalue weighted by molar-refractivity contribution is -0.126. The van der Waals surface area contributed by atoms with E-state index < -0.39 is 18.1 Å². The molecule has 33 heavy (non-hydrogen) atoms. The Bertz CT molecular complexity index is 1230. The van der Waals surface area contributed by atoms with Crippen molar-refractivity contribution in [2.75, 3.05) is 15.3 Å². The molecular weight excluding hydrogens is 418 g/mol. The molecule has 166 valence electrons. The first-order chi connectivity index (χ1) is 15.9. The van der Waals surface area contributed by atoms with Crippen LogP contribution in [0.15, 0.2) is 78.9 Å². The Morgan fingerprint density at radius 2 is 1.58 bits per heavy atom. The summed E-state index contributed by atoms with van der Waals surface area (Å²) in [7, 11) is 0. The highest BCUT2D eigenvalue weighted by atomic mass is 16.7. The van der Waals surface area contributed by atoms with Gasteiger partial charge in [0.05, 0.1) is 17.4 Å². The number of aryl methyl sites for hydroxylation is 1. The number of nitrogens with zero attached hydrogens (tertiary/aromatic N) is 2. The molecule has 0 bridgehead atoms. The van der Waals surface area contributed by atoms with E-state index in [4.69, 9.17) is 4.84 Å². The number of amides is 3. The number of hydrogen-bond donors (Lipinski definition) is 1. The summed E-state index contributed by atoms with van der Waals surface area (Å²) in [6.07, 6.45) is -0.918. The summed E-state index contributed by atoms with van der Waals surface area (Å²) < 4.78 is 0. The van der Waals surface area contributed by atoms with E-state index >= 15 is 0 Å². The molecule has 2 fully saturated rings. The molecule has 2 saturated heterocycles. The maximum absolute atomic E-state index is 13.6. The van der Waals surface area contributed by atoms with Gasteiger partial charge in [-0.2, -0.15) is 0 Å². The van der Waals surface area contributed by atoms with Crippen molar-refractivity contribution >= 4 is 34.8 Å². The van der Waals surface area contributed by atoms with Gasteiger partial charge in [0.1, 0.15) is 5.92 Å². The van der Waals surface area contributed by atoms with Crippen LogP contribution in [-0.4, -0.2) is 23.8 Å². The minimum Gasteiger partial charge on any atom is -0.326 e. The van der Waals surface area contributed by atoms with Gasteiger partial charge in [0, 0.05) is 12.6 Å². The number of benzene rings is 3. The fraction of sp³-hybridized carbons (Fsp3) is 0.192. The second-order valence-corrected chi connectivity index (χ2v) is 8.31. The lowest BCUT2D eigenvalue weighted by Gasteiger charge is -2.29. The van der Waals surface area contributed by atoms with Gasteiger partial charge in [0.15, 0.2) is 6.10 Å². The lowest BCUT2D eigenvalue weighted by atomic mass is 9.90. The van der Waals surface area contributed by atoms with E-state index in [0.29, 0.717) is 11.4 Å². The lowest BCUT2D eigenvalue weighted by Crippen LogP contribution is -2.37. The van der Waals surface area contributed by atoms with Crippen LogP contribution in [0.3, 0.4) is 0 Å². The summed E-state index contributed by atoms with van der Waals surface area (Å²) >= 11 is 0. The van der Waals surface area contributed by atoms with Crippen LogP contribution in [0.25, 0.3) is 0 Å². The van der Waals surface area contributed by atoms with Crippen LogP contribution in [0.2, 0.25) is 0 Å². The van der Waals surface area contributed by atoms with Crippen LogP contribution >= 0.6 is 0 Å². The predicted molar refractivity (Wildman–Crippen MR) is 124 cm³/mol. The summed E-state index contributed by atoms with van der Waals surface area (Å²) in [6.45, 7) is 3.37. The van der Waals surface area contributed by atoms with Crippen molar-refractivity contribution in [1.82, 2.24) is 0 Å². The summed E-state index contributed by atoms with van der Waals surface area (Å²) in [5.74, 6) is -1.52. The number of fused-ring (bicyclic) bond motifs is 1. The molecular formula is C26H23N3O4. The average Bonchev–Trinajstić information content (AvgIpc) is 3.31. The Labute approximate surface area is 191 Å². The molecule has 1 N–H and O–H groups in total. The van der Waals surface area contributed by atoms with Crippen molar-refractivity contribution in [2.24, 2.45) is 5.92 Å². The van der Waals surface area contributed by atoms with Crippen LogP contribution in [0.4, 0.5) is 17.1 Å². The third kappa shape index (κ3) is 3.66. The second kappa shape index (κ2) is 8.18. The summed E-state index contributed by atoms with van der Waals surface area (Å²) in [4.78, 5) is 45.7. The standard InChI is InChI=1S/C26H23N3O4/c1-16-7-6-10-21(15-16)28-25(31)22-23(18-11-13-19(14-12-18)27-17(2)30)29(33-24(22)26(28)32)20-8-4-3-5-9-20/h3-15,22-24H,1-2H3,(H,27,30). The number of rotatable bonds is 4. The van der Waals surface area contributed by atoms with E-state index in [0.717, 1.165) is 16.8 Å². The number of imide groups is 1. The predicted octanol–water partition coefficient (Wildman–Crippen LogP) is 4.00. The fourth-order valence-corrected chi connectivity index (χ4v) is 4.54. The molecule has 0 radical (unpaired) electrons. The third-order valence-corrected chi connectivity index (χ3v) is 5.96. The number of para-hydroxylation sites is 1. The van der Waals surface area contributed by atoms with Crippen molar-refractivity contribution in [3.05, 3.63) is 90.0 Å². The summed E-state index contributed by atoms with van der Waals surface area (Å²) in [6, 6.07) is 23.5. The highest BCUT2D eigenvalue weighted by Gasteiger charge is 2.60. The molecule has 0 saturated carbocycles. The van der Waals surface area contributed by atoms with Gasteiger partial charge in [-0.05, 0) is 54.4 Å². The first-order valence-electron chi connectivity index (χ1n) is 10.8. The van der Waals surface area contributed by atoms with Crippen molar-refractivity contribution < 1.29 is 19.2 Å². The van der Waals surface area contributed by atoms with Crippen LogP contribution in [0.1, 0.15) is 24.1 Å². The molecule has 0 spiro atoms. The summed E-state index contributed by atoms with van der Waals surface area (Å²) in [5.41, 5.74) is 3.73. The molecule has 3 unspecified atom stereocenters. The minimum absolute atomic E-state index is 0.164. The van der Waals surface area contributed by atoms with Gasteiger partial charge in [-0.3, -0.25) is 19.2 Å². The molecule has 7 heteroatoms. The van der Waals surface area contributed by atoms with Crippen LogP contribution < -0.4 is 15.3 Å². The van der Waals surface area contributed by atoms with E-state index in [1.165, 1.54) is 11.8 Å². The van der Waals surface area contributed by atoms with Gasteiger partial charge in [0.25, 0.3) is 5.91 Å². The maximum atomic E-state index is 13.6. The zero-order chi connectivity index (χ0) is 23.1. The van der Waals surface area contributed by atoms with E-state index in [9.17, 15) is 14.4 Å². The Balaban J connectivity index is 1.55. The minimum atomic E-state index is -0.918. The molecule has 0 aliphatic carbocycles. The highest BCUT2D eigenvalue weighted by molar-refractivity contribution is 6.24. The molecule has 3 aromatic carbocycles. The van der Waals surface area contributed by atoms with Crippen molar-refractivity contribution in [3.63, 3.8) is 0 Å². The monoisotopic (exact) mass is 441 g/mol. The number of hydroxylamine groups is 1. The first-order valence-corrected chi connectivity index (χ1v) is 10.8. The summed E-state index contributed by atoms with van der Waals surface area (Å²) in [5, 5.41) is 4.41. The smallest absolute Gasteiger partial charge is 0.266 e. The molecule has 5 rings (SSSR count). The highest BCUT2D eigenvalue weighted by Crippen LogP contribution is 2.47. The molecule has 2 heterocycles. The van der Waals surface area contributed by atoms with Crippen LogP contribution in [0.5, 0.6) is 0 Å². The molecule has 0 aromatic heterocycles. The molecule has 3 amide bonds. The molecule has 3 aromatic rings. The number of nitrogens with one attached hydrogen (secondary N) is 1. The van der Waals surface area contributed by atoms with Crippen LogP contribution in [-0.2, 0) is 19.2 Å². The average molecular weight is 441 g/mol. The first kappa shape index (κ1) is 20.9. The second-order valence-electron chi connectivity index (χ2n) is 8.31. The van der Waals surface area contributed by atoms with Gasteiger partial charge in [-0.15, -0.1) is 0 Å². The van der Waals surface area contributed by atoms with Gasteiger partial charge < -0.3 is 5.32 Å². The van der Waals surface area contributed by atoms with Crippen molar-refractivity contribution in [3.8, 4) is 0 Å². The zero-order valence-electron chi connectivity index (χ0n) is 18.3. The Morgan fingerprint density at radius 3 is 2.24 bits per heavy atom. The Hall–Kier alpha value is -3.97. The van der Waals surface area contributed by atoms with Crippen molar-refractivity contribution in [2.45, 2.75) is 26.0 Å². The zero-order valence-corrected chi connectivity index (χ0v) is 18.3. The number of carbonyl (C=O) groups excluding carboxylic acids is 3. The van der Waals surface area contributed by atoms with E-state index in [1.54, 1.807) is 23.3 Å².